The normalized spacial score (nSPS) is 16.6. The maximum atomic E-state index is 13.4. The highest BCUT2D eigenvalue weighted by molar-refractivity contribution is 7.99. The highest BCUT2D eigenvalue weighted by Crippen LogP contribution is 2.36. The first-order valence-electron chi connectivity index (χ1n) is 9.00. The minimum Gasteiger partial charge on any atom is -0.283 e. The van der Waals surface area contributed by atoms with E-state index >= 15 is 0 Å². The van der Waals surface area contributed by atoms with E-state index in [2.05, 4.69) is 25.6 Å². The van der Waals surface area contributed by atoms with Gasteiger partial charge in [-0.15, -0.1) is 17.9 Å². The lowest BCUT2D eigenvalue weighted by atomic mass is 9.89. The third-order valence-corrected chi connectivity index (χ3v) is 7.05. The van der Waals surface area contributed by atoms with Crippen LogP contribution in [0.4, 0.5) is 0 Å². The highest BCUT2D eigenvalue weighted by atomic mass is 32.2. The molecule has 1 aliphatic carbocycles. The number of thioether (sulfide) groups is 1. The molecule has 0 saturated heterocycles. The molecule has 1 aromatic carbocycles. The number of hydrogen-bond acceptors (Lipinski definition) is 4. The van der Waals surface area contributed by atoms with Gasteiger partial charge in [-0.05, 0) is 36.3 Å². The van der Waals surface area contributed by atoms with Crippen molar-refractivity contribution in [2.45, 2.75) is 37.9 Å². The molecular formula is C21H22N2OS2. The summed E-state index contributed by atoms with van der Waals surface area (Å²) in [6.07, 6.45) is 5.13. The molecule has 0 amide bonds. The third-order valence-electron chi connectivity index (χ3n) is 4.89. The molecule has 0 radical (unpaired) electrons. The highest BCUT2D eigenvalue weighted by Gasteiger charge is 2.24. The number of aryl methyl sites for hydroxylation is 1. The van der Waals surface area contributed by atoms with Crippen LogP contribution in [0, 0.1) is 5.92 Å². The zero-order valence-corrected chi connectivity index (χ0v) is 16.5. The van der Waals surface area contributed by atoms with Crippen molar-refractivity contribution in [2.75, 3.05) is 5.75 Å². The van der Waals surface area contributed by atoms with Gasteiger partial charge >= 0.3 is 0 Å². The lowest BCUT2D eigenvalue weighted by molar-refractivity contribution is 0.508. The van der Waals surface area contributed by atoms with Gasteiger partial charge in [0, 0.05) is 10.6 Å². The van der Waals surface area contributed by atoms with Gasteiger partial charge in [-0.2, -0.15) is 0 Å². The zero-order valence-electron chi connectivity index (χ0n) is 14.9. The topological polar surface area (TPSA) is 34.9 Å². The van der Waals surface area contributed by atoms with E-state index < -0.39 is 0 Å². The molecule has 0 unspecified atom stereocenters. The first-order valence-corrected chi connectivity index (χ1v) is 10.8. The Labute approximate surface area is 161 Å². The van der Waals surface area contributed by atoms with Crippen molar-refractivity contribution in [3.05, 3.63) is 69.3 Å². The second-order valence-electron chi connectivity index (χ2n) is 6.90. The SMILES string of the molecule is C=CCSc1nc2sc3c(c2c(=O)n1Cc1ccccc1)C[C@H](C)CC3. The molecule has 0 aliphatic heterocycles. The molecule has 5 heteroatoms. The Morgan fingerprint density at radius 1 is 1.38 bits per heavy atom. The summed E-state index contributed by atoms with van der Waals surface area (Å²) in [4.78, 5) is 20.6. The van der Waals surface area contributed by atoms with Crippen LogP contribution in [0.1, 0.15) is 29.3 Å². The largest absolute Gasteiger partial charge is 0.283 e. The monoisotopic (exact) mass is 382 g/mol. The van der Waals surface area contributed by atoms with E-state index in [0.29, 0.717) is 12.5 Å². The van der Waals surface area contributed by atoms with E-state index in [0.717, 1.165) is 39.5 Å². The van der Waals surface area contributed by atoms with E-state index in [1.165, 1.54) is 16.9 Å². The summed E-state index contributed by atoms with van der Waals surface area (Å²) in [5, 5.41) is 1.65. The number of benzene rings is 1. The average Bonchev–Trinajstić information content (AvgIpc) is 3.01. The fourth-order valence-electron chi connectivity index (χ4n) is 3.56. The Balaban J connectivity index is 1.89. The molecule has 26 heavy (non-hydrogen) atoms. The van der Waals surface area contributed by atoms with Crippen LogP contribution in [0.15, 0.2) is 52.9 Å². The van der Waals surface area contributed by atoms with Crippen LogP contribution in [-0.2, 0) is 19.4 Å². The van der Waals surface area contributed by atoms with Gasteiger partial charge < -0.3 is 0 Å². The quantitative estimate of drug-likeness (QED) is 0.357. The standard InChI is InChI=1S/C21H22N2OS2/c1-3-11-25-21-22-19-18(16-12-14(2)9-10-17(16)26-19)20(24)23(21)13-15-7-5-4-6-8-15/h3-8,14H,1,9-13H2,2H3/t14-/m1/s1. The van der Waals surface area contributed by atoms with Crippen molar-refractivity contribution < 1.29 is 0 Å². The van der Waals surface area contributed by atoms with Gasteiger partial charge in [-0.3, -0.25) is 9.36 Å². The number of fused-ring (bicyclic) bond motifs is 3. The van der Waals surface area contributed by atoms with Gasteiger partial charge in [0.15, 0.2) is 5.16 Å². The van der Waals surface area contributed by atoms with Crippen molar-refractivity contribution in [3.63, 3.8) is 0 Å². The molecule has 1 atom stereocenters. The predicted octanol–water partition coefficient (Wildman–Crippen LogP) is 4.91. The van der Waals surface area contributed by atoms with Crippen molar-refractivity contribution in [1.29, 1.82) is 0 Å². The van der Waals surface area contributed by atoms with Crippen molar-refractivity contribution in [1.82, 2.24) is 9.55 Å². The summed E-state index contributed by atoms with van der Waals surface area (Å²) in [5.41, 5.74) is 2.48. The lowest BCUT2D eigenvalue weighted by Gasteiger charge is -2.18. The first kappa shape index (κ1) is 17.6. The van der Waals surface area contributed by atoms with Gasteiger partial charge in [0.05, 0.1) is 11.9 Å². The van der Waals surface area contributed by atoms with Crippen molar-refractivity contribution >= 4 is 33.3 Å². The molecular weight excluding hydrogens is 360 g/mol. The maximum Gasteiger partial charge on any atom is 0.263 e. The first-order chi connectivity index (χ1) is 12.7. The molecule has 2 heterocycles. The summed E-state index contributed by atoms with van der Waals surface area (Å²) in [7, 11) is 0. The number of hydrogen-bond donors (Lipinski definition) is 0. The van der Waals surface area contributed by atoms with Crippen LogP contribution < -0.4 is 5.56 Å². The van der Waals surface area contributed by atoms with E-state index in [1.54, 1.807) is 23.1 Å². The van der Waals surface area contributed by atoms with E-state index in [9.17, 15) is 4.79 Å². The molecule has 0 saturated carbocycles. The third kappa shape index (κ3) is 3.26. The van der Waals surface area contributed by atoms with Gasteiger partial charge in [-0.25, -0.2) is 4.98 Å². The number of rotatable bonds is 5. The Morgan fingerprint density at radius 3 is 2.96 bits per heavy atom. The number of aromatic nitrogens is 2. The summed E-state index contributed by atoms with van der Waals surface area (Å²) in [6, 6.07) is 10.1. The Hall–Kier alpha value is -1.85. The molecule has 0 fully saturated rings. The second-order valence-corrected chi connectivity index (χ2v) is 8.97. The summed E-state index contributed by atoms with van der Waals surface area (Å²) < 4.78 is 1.85. The molecule has 0 spiro atoms. The van der Waals surface area contributed by atoms with Gasteiger partial charge in [-0.1, -0.05) is 55.1 Å². The van der Waals surface area contributed by atoms with Crippen LogP contribution in [0.3, 0.4) is 0 Å². The predicted molar refractivity (Wildman–Crippen MR) is 112 cm³/mol. The van der Waals surface area contributed by atoms with E-state index in [1.807, 2.05) is 28.8 Å². The second kappa shape index (κ2) is 7.41. The van der Waals surface area contributed by atoms with Gasteiger partial charge in [0.2, 0.25) is 0 Å². The van der Waals surface area contributed by atoms with Crippen molar-refractivity contribution in [2.24, 2.45) is 5.92 Å². The maximum absolute atomic E-state index is 13.4. The minimum atomic E-state index is 0.108. The Kier molecular flexibility index (Phi) is 5.00. The molecule has 2 aromatic heterocycles. The fraction of sp³-hybridized carbons (Fsp3) is 0.333. The van der Waals surface area contributed by atoms with E-state index in [4.69, 9.17) is 4.98 Å². The molecule has 3 nitrogen and oxygen atoms in total. The summed E-state index contributed by atoms with van der Waals surface area (Å²) in [5.74, 6) is 1.38. The van der Waals surface area contributed by atoms with Crippen molar-refractivity contribution in [3.8, 4) is 0 Å². The van der Waals surface area contributed by atoms with Crippen LogP contribution in [0.25, 0.3) is 10.2 Å². The van der Waals surface area contributed by atoms with Crippen LogP contribution in [-0.4, -0.2) is 15.3 Å². The summed E-state index contributed by atoms with van der Waals surface area (Å²) >= 11 is 3.30. The zero-order chi connectivity index (χ0) is 18.1. The molecule has 4 rings (SSSR count). The molecule has 134 valence electrons. The van der Waals surface area contributed by atoms with Crippen LogP contribution in [0.2, 0.25) is 0 Å². The van der Waals surface area contributed by atoms with E-state index in [-0.39, 0.29) is 5.56 Å². The minimum absolute atomic E-state index is 0.108. The molecule has 1 aliphatic rings. The molecule has 0 bridgehead atoms. The fourth-order valence-corrected chi connectivity index (χ4v) is 5.55. The number of nitrogens with zero attached hydrogens (tertiary/aromatic N) is 2. The Morgan fingerprint density at radius 2 is 2.19 bits per heavy atom. The van der Waals surface area contributed by atoms with Crippen LogP contribution >= 0.6 is 23.1 Å². The molecule has 0 N–H and O–H groups in total. The smallest absolute Gasteiger partial charge is 0.263 e. The van der Waals surface area contributed by atoms with Gasteiger partial charge in [0.25, 0.3) is 5.56 Å². The lowest BCUT2D eigenvalue weighted by Crippen LogP contribution is -2.24. The van der Waals surface area contributed by atoms with Crippen LogP contribution in [0.5, 0.6) is 0 Å². The number of thiophene rings is 1. The Bertz CT molecular complexity index is 1000. The van der Waals surface area contributed by atoms with Gasteiger partial charge in [0.1, 0.15) is 4.83 Å². The molecule has 3 aromatic rings. The summed E-state index contributed by atoms with van der Waals surface area (Å²) in [6.45, 7) is 6.63. The average molecular weight is 383 g/mol.